The first-order chi connectivity index (χ1) is 28.6. The van der Waals surface area contributed by atoms with E-state index in [1.165, 1.54) is 156 Å². The van der Waals surface area contributed by atoms with Crippen LogP contribution in [0.1, 0.15) is 106 Å². The van der Waals surface area contributed by atoms with Gasteiger partial charge in [0.05, 0.1) is 0 Å². The molecule has 0 unspecified atom stereocenters. The third-order valence-electron chi connectivity index (χ3n) is 12.0. The quantitative estimate of drug-likeness (QED) is 0.0810. The number of hydrogen-bond donors (Lipinski definition) is 0. The van der Waals surface area contributed by atoms with Gasteiger partial charge in [-0.25, -0.2) is 0 Å². The Morgan fingerprint density at radius 1 is 0.593 bits per heavy atom. The van der Waals surface area contributed by atoms with E-state index in [1.54, 1.807) is 6.55 Å². The second-order valence-corrected chi connectivity index (χ2v) is 21.7. The first-order valence-corrected chi connectivity index (χ1v) is 29.8. The topological polar surface area (TPSA) is 0 Å². The molecule has 0 atom stereocenters. The predicted octanol–water partition coefficient (Wildman–Crippen LogP) is 17.6. The van der Waals surface area contributed by atoms with E-state index in [-0.39, 0.29) is 6.04 Å². The van der Waals surface area contributed by atoms with Gasteiger partial charge < -0.3 is 0 Å². The van der Waals surface area contributed by atoms with Crippen LogP contribution in [-0.4, -0.2) is 15.7 Å². The second kappa shape index (κ2) is 24.9. The van der Waals surface area contributed by atoms with Gasteiger partial charge in [0, 0.05) is 15.9 Å². The van der Waals surface area contributed by atoms with Crippen molar-refractivity contribution in [2.24, 2.45) is 11.8 Å². The normalized spacial score (nSPS) is 15.1. The van der Waals surface area contributed by atoms with Crippen LogP contribution < -0.4 is 0 Å². The molecule has 0 amide bonds. The molecule has 59 heavy (non-hydrogen) atoms. The van der Waals surface area contributed by atoms with Gasteiger partial charge in [0.25, 0.3) is 0 Å². The van der Waals surface area contributed by atoms with E-state index in [2.05, 4.69) is 123 Å². The minimum absolute atomic E-state index is 0.281. The molecule has 0 aromatic heterocycles. The van der Waals surface area contributed by atoms with Crippen LogP contribution in [0.25, 0.3) is 43.8 Å². The molecule has 8 rings (SSSR count). The fraction of sp³-hybridized carbons (Fsp3) is 0.423. The molecule has 2 saturated carbocycles. The number of aryl methyl sites for hydroxylation is 2. The van der Waals surface area contributed by atoms with E-state index in [0.29, 0.717) is 9.52 Å². The van der Waals surface area contributed by atoms with Crippen LogP contribution in [0.5, 0.6) is 0 Å². The summed E-state index contributed by atoms with van der Waals surface area (Å²) in [6.07, 6.45) is 15.1. The van der Waals surface area contributed by atoms with E-state index in [1.807, 2.05) is 0 Å². The van der Waals surface area contributed by atoms with Gasteiger partial charge in [-0.05, 0) is 49.7 Å². The van der Waals surface area contributed by atoms with Crippen LogP contribution in [0, 0.1) is 25.7 Å². The summed E-state index contributed by atoms with van der Waals surface area (Å²) < 4.78 is 33.7. The molecule has 0 heterocycles. The molecule has 0 bridgehead atoms. The van der Waals surface area contributed by atoms with Gasteiger partial charge in [0.2, 0.25) is 0 Å². The number of benzene rings is 4. The van der Waals surface area contributed by atoms with Crippen molar-refractivity contribution in [1.29, 1.82) is 0 Å². The molecule has 0 N–H and O–H groups in total. The second-order valence-electron chi connectivity index (χ2n) is 16.7. The molecule has 2 aliphatic carbocycles. The van der Waals surface area contributed by atoms with Crippen molar-refractivity contribution in [2.45, 2.75) is 129 Å². The molecule has 0 spiro atoms. The fourth-order valence-corrected chi connectivity index (χ4v) is 9.40. The van der Waals surface area contributed by atoms with Crippen LogP contribution in [-0.2, 0) is 33.7 Å². The summed E-state index contributed by atoms with van der Waals surface area (Å²) in [5, 5.41) is 5.64. The Labute approximate surface area is 373 Å². The third-order valence-corrected chi connectivity index (χ3v) is 12.8. The Balaban J connectivity index is 0.000000180. The van der Waals surface area contributed by atoms with Gasteiger partial charge in [-0.2, -0.15) is 25.3 Å². The molecule has 6 aromatic carbocycles. The molecule has 2 radical (unpaired) electrons. The van der Waals surface area contributed by atoms with E-state index in [9.17, 15) is 13.2 Å². The number of hydrogen-bond acceptors (Lipinski definition) is 0. The standard InChI is InChI=1S/2C24H27.C4H7F3Si.2ClH.Zr/c2*1-18-11-13-21(14-12-18)23-10-6-9-22-16-20(17-24(22)23)15-19-7-4-2-3-5-8-19;1-8-3-2-4(5,6)7;;;/h2*6,9-14,16-17,19H,2-5,7-8,15H2,1H3;2-3H2,1H3;2*1H;/q2*-1;;;;+4/p-2. The zero-order valence-electron chi connectivity index (χ0n) is 35.3. The summed E-state index contributed by atoms with van der Waals surface area (Å²) in [7, 11) is 10.3. The Morgan fingerprint density at radius 2 is 0.966 bits per heavy atom. The maximum absolute atomic E-state index is 11.2. The summed E-state index contributed by atoms with van der Waals surface area (Å²) >= 11 is -0.826. The van der Waals surface area contributed by atoms with Crippen LogP contribution in [0.3, 0.4) is 0 Å². The first-order valence-electron chi connectivity index (χ1n) is 21.7. The van der Waals surface area contributed by atoms with E-state index in [4.69, 9.17) is 17.0 Å². The zero-order valence-corrected chi connectivity index (χ0v) is 40.2. The van der Waals surface area contributed by atoms with Gasteiger partial charge in [0.15, 0.2) is 0 Å². The van der Waals surface area contributed by atoms with E-state index >= 15 is 0 Å². The monoisotopic (exact) mass is 930 g/mol. The Bertz CT molecular complexity index is 1940. The van der Waals surface area contributed by atoms with Crippen molar-refractivity contribution >= 4 is 48.1 Å². The van der Waals surface area contributed by atoms with E-state index < -0.39 is 33.4 Å². The molecular formula is C52H61Cl2F3SiZr. The molecule has 0 nitrogen and oxygen atoms in total. The van der Waals surface area contributed by atoms with Crippen molar-refractivity contribution in [1.82, 2.24) is 0 Å². The Kier molecular flexibility index (Phi) is 20.1. The Hall–Kier alpha value is -2.43. The van der Waals surface area contributed by atoms with Crippen LogP contribution in [0.4, 0.5) is 13.2 Å². The van der Waals surface area contributed by atoms with Crippen molar-refractivity contribution in [3.63, 3.8) is 0 Å². The van der Waals surface area contributed by atoms with Crippen LogP contribution >= 0.6 is 17.0 Å². The molecule has 2 aliphatic rings. The SMILES string of the molecule is C[Si]CCC(F)(F)F.Cc1ccc(-c2cccc3[cH-]c(CC4CCCCCC4)cc23)cc1.Cc1ccc(-c2cccc3[cH-]c(CC4CCCCCC4)cc23)cc1.[Cl][Zr+2][Cl]. The zero-order chi connectivity index (χ0) is 42.0. The molecule has 0 saturated heterocycles. The summed E-state index contributed by atoms with van der Waals surface area (Å²) in [6.45, 7) is 6.07. The average molecular weight is 933 g/mol. The fourth-order valence-electron chi connectivity index (χ4n) is 8.87. The van der Waals surface area contributed by atoms with Crippen molar-refractivity contribution < 1.29 is 34.0 Å². The van der Waals surface area contributed by atoms with Crippen LogP contribution in [0.2, 0.25) is 12.6 Å². The molecule has 6 aromatic rings. The predicted molar refractivity (Wildman–Crippen MR) is 248 cm³/mol. The van der Waals surface area contributed by atoms with Crippen molar-refractivity contribution in [3.05, 3.63) is 131 Å². The molecule has 2 fully saturated rings. The van der Waals surface area contributed by atoms with Gasteiger partial charge in [-0.3, -0.25) is 0 Å². The average Bonchev–Trinajstić information content (AvgIpc) is 3.61. The third kappa shape index (κ3) is 15.8. The summed E-state index contributed by atoms with van der Waals surface area (Å²) in [5.41, 5.74) is 11.1. The first kappa shape index (κ1) is 47.6. The van der Waals surface area contributed by atoms with E-state index in [0.717, 1.165) is 11.8 Å². The van der Waals surface area contributed by atoms with Gasteiger partial charge in [0.1, 0.15) is 0 Å². The molecule has 0 aliphatic heterocycles. The minimum atomic E-state index is -3.94. The molecule has 312 valence electrons. The number of fused-ring (bicyclic) bond motifs is 2. The molecular weight excluding hydrogens is 872 g/mol. The van der Waals surface area contributed by atoms with Gasteiger partial charge in [-0.15, -0.1) is 69.1 Å². The maximum atomic E-state index is 11.2. The van der Waals surface area contributed by atoms with Gasteiger partial charge >= 0.3 is 44.1 Å². The Morgan fingerprint density at radius 3 is 1.29 bits per heavy atom. The molecule has 7 heteroatoms. The summed E-state index contributed by atoms with van der Waals surface area (Å²) in [6, 6.07) is 41.4. The van der Waals surface area contributed by atoms with Gasteiger partial charge in [-0.1, -0.05) is 173 Å². The van der Waals surface area contributed by atoms with Crippen molar-refractivity contribution in [2.75, 3.05) is 0 Å². The number of alkyl halides is 3. The van der Waals surface area contributed by atoms with Crippen LogP contribution in [0.15, 0.2) is 109 Å². The number of rotatable bonds is 8. The van der Waals surface area contributed by atoms with Crippen molar-refractivity contribution in [3.8, 4) is 22.3 Å². The number of halogens is 5. The summed E-state index contributed by atoms with van der Waals surface area (Å²) in [5.74, 6) is 1.79. The summed E-state index contributed by atoms with van der Waals surface area (Å²) in [4.78, 5) is 0.